The van der Waals surface area contributed by atoms with Crippen LogP contribution in [-0.2, 0) is 9.53 Å². The van der Waals surface area contributed by atoms with Gasteiger partial charge in [-0.1, -0.05) is 0 Å². The summed E-state index contributed by atoms with van der Waals surface area (Å²) in [5.41, 5.74) is 0.267. The number of carboxylic acid groups (broad SMARTS) is 1. The van der Waals surface area contributed by atoms with E-state index in [1.54, 1.807) is 4.90 Å². The molecule has 152 valence electrons. The molecule has 0 bridgehead atoms. The second-order valence-corrected chi connectivity index (χ2v) is 9.15. The normalized spacial score (nSPS) is 35.5. The summed E-state index contributed by atoms with van der Waals surface area (Å²) in [5, 5.41) is 9.19. The van der Waals surface area contributed by atoms with Gasteiger partial charge in [0.1, 0.15) is 0 Å². The van der Waals surface area contributed by atoms with Gasteiger partial charge in [0.25, 0.3) is 0 Å². The van der Waals surface area contributed by atoms with Crippen LogP contribution in [0.3, 0.4) is 0 Å². The fraction of sp³-hybridized carbons (Fsp3) is 0.900. The van der Waals surface area contributed by atoms with Crippen LogP contribution in [0.5, 0.6) is 0 Å². The number of piperidine rings is 1. The number of esters is 1. The fourth-order valence-corrected chi connectivity index (χ4v) is 6.11. The number of hydrogen-bond acceptors (Lipinski definition) is 5. The lowest BCUT2D eigenvalue weighted by atomic mass is 9.64. The van der Waals surface area contributed by atoms with Crippen molar-refractivity contribution in [2.24, 2.45) is 11.3 Å². The monoisotopic (exact) mass is 379 g/mol. The quantitative estimate of drug-likeness (QED) is 0.752. The van der Waals surface area contributed by atoms with Crippen LogP contribution in [0.25, 0.3) is 0 Å². The molecule has 4 rings (SSSR count). The van der Waals surface area contributed by atoms with Crippen molar-refractivity contribution < 1.29 is 19.4 Å². The molecule has 7 nitrogen and oxygen atoms in total. The summed E-state index contributed by atoms with van der Waals surface area (Å²) in [7, 11) is 1.47. The van der Waals surface area contributed by atoms with Crippen LogP contribution in [0.15, 0.2) is 0 Å². The van der Waals surface area contributed by atoms with Gasteiger partial charge in [-0.2, -0.15) is 0 Å². The molecule has 4 fully saturated rings. The highest BCUT2D eigenvalue weighted by Crippen LogP contribution is 2.50. The SMILES string of the molecule is COC(=O)CN1CCC[C@H]1C1CCN(C2CC3(CCN(C(=O)O)C3)C2)CC1. The Morgan fingerprint density at radius 3 is 2.48 bits per heavy atom. The molecule has 1 aliphatic carbocycles. The zero-order valence-corrected chi connectivity index (χ0v) is 16.4. The molecule has 0 aromatic carbocycles. The van der Waals surface area contributed by atoms with Gasteiger partial charge >= 0.3 is 12.1 Å². The average Bonchev–Trinajstić information content (AvgIpc) is 3.28. The molecule has 1 atom stereocenters. The maximum atomic E-state index is 11.7. The van der Waals surface area contributed by atoms with E-state index in [1.807, 2.05) is 0 Å². The number of likely N-dealkylation sites (tertiary alicyclic amines) is 3. The number of carbonyl (C=O) groups is 2. The van der Waals surface area contributed by atoms with Gasteiger partial charge in [0.2, 0.25) is 0 Å². The number of amides is 1. The zero-order valence-electron chi connectivity index (χ0n) is 16.4. The topological polar surface area (TPSA) is 73.3 Å². The van der Waals surface area contributed by atoms with Crippen LogP contribution in [0, 0.1) is 11.3 Å². The summed E-state index contributed by atoms with van der Waals surface area (Å²) >= 11 is 0. The molecule has 0 aromatic heterocycles. The standard InChI is InChI=1S/C20H33N3O4/c1-27-18(24)13-22-7-2-3-17(22)15-4-8-21(9-5-15)16-11-20(12-16)6-10-23(14-20)19(25)26/h15-17H,2-14H2,1H3,(H,25,26)/t16?,17-,20?/m0/s1. The lowest BCUT2D eigenvalue weighted by Gasteiger charge is -2.52. The molecule has 3 heterocycles. The van der Waals surface area contributed by atoms with Crippen molar-refractivity contribution in [1.82, 2.24) is 14.7 Å². The van der Waals surface area contributed by atoms with Crippen LogP contribution in [0.2, 0.25) is 0 Å². The van der Waals surface area contributed by atoms with E-state index < -0.39 is 6.09 Å². The highest BCUT2D eigenvalue weighted by Gasteiger charge is 2.51. The summed E-state index contributed by atoms with van der Waals surface area (Å²) in [6, 6.07) is 1.19. The van der Waals surface area contributed by atoms with Gasteiger partial charge in [-0.25, -0.2) is 4.79 Å². The third-order valence-corrected chi connectivity index (χ3v) is 7.65. The lowest BCUT2D eigenvalue weighted by molar-refractivity contribution is -0.142. The van der Waals surface area contributed by atoms with Crippen molar-refractivity contribution in [1.29, 1.82) is 0 Å². The van der Waals surface area contributed by atoms with E-state index >= 15 is 0 Å². The molecule has 0 aromatic rings. The van der Waals surface area contributed by atoms with E-state index in [1.165, 1.54) is 45.6 Å². The molecule has 3 aliphatic heterocycles. The Hall–Kier alpha value is -1.34. The second-order valence-electron chi connectivity index (χ2n) is 9.15. The summed E-state index contributed by atoms with van der Waals surface area (Å²) < 4.78 is 4.86. The Labute approximate surface area is 161 Å². The fourth-order valence-electron chi connectivity index (χ4n) is 6.11. The molecular weight excluding hydrogens is 346 g/mol. The number of ether oxygens (including phenoxy) is 1. The minimum Gasteiger partial charge on any atom is -0.468 e. The Morgan fingerprint density at radius 2 is 1.85 bits per heavy atom. The van der Waals surface area contributed by atoms with E-state index in [4.69, 9.17) is 4.74 Å². The Kier molecular flexibility index (Phi) is 5.34. The Bertz CT molecular complexity index is 570. The highest BCUT2D eigenvalue weighted by atomic mass is 16.5. The van der Waals surface area contributed by atoms with Crippen LogP contribution < -0.4 is 0 Å². The molecule has 7 heteroatoms. The molecule has 1 N–H and O–H groups in total. The Morgan fingerprint density at radius 1 is 1.11 bits per heavy atom. The summed E-state index contributed by atoms with van der Waals surface area (Å²) in [6.07, 6.45) is 7.44. The lowest BCUT2D eigenvalue weighted by Crippen LogP contribution is -2.55. The smallest absolute Gasteiger partial charge is 0.407 e. The predicted octanol–water partition coefficient (Wildman–Crippen LogP) is 1.87. The molecule has 0 unspecified atom stereocenters. The number of hydrogen-bond donors (Lipinski definition) is 1. The van der Waals surface area contributed by atoms with Gasteiger partial charge in [-0.15, -0.1) is 0 Å². The first-order valence-corrected chi connectivity index (χ1v) is 10.5. The average molecular weight is 380 g/mol. The van der Waals surface area contributed by atoms with Gasteiger partial charge in [0.15, 0.2) is 0 Å². The van der Waals surface area contributed by atoms with E-state index in [0.29, 0.717) is 31.1 Å². The van der Waals surface area contributed by atoms with Gasteiger partial charge in [-0.3, -0.25) is 9.69 Å². The highest BCUT2D eigenvalue weighted by molar-refractivity contribution is 5.71. The molecule has 4 aliphatic rings. The largest absolute Gasteiger partial charge is 0.468 e. The first-order valence-electron chi connectivity index (χ1n) is 10.5. The van der Waals surface area contributed by atoms with Crippen LogP contribution >= 0.6 is 0 Å². The predicted molar refractivity (Wildman–Crippen MR) is 101 cm³/mol. The van der Waals surface area contributed by atoms with Crippen molar-refractivity contribution in [3.63, 3.8) is 0 Å². The van der Waals surface area contributed by atoms with Crippen molar-refractivity contribution in [3.05, 3.63) is 0 Å². The van der Waals surface area contributed by atoms with E-state index in [9.17, 15) is 14.7 Å². The first kappa shape index (κ1) is 19.0. The summed E-state index contributed by atoms with van der Waals surface area (Å²) in [5.74, 6) is 0.572. The van der Waals surface area contributed by atoms with Crippen LogP contribution in [0.1, 0.15) is 44.9 Å². The number of methoxy groups -OCH3 is 1. The molecule has 27 heavy (non-hydrogen) atoms. The van der Waals surface area contributed by atoms with Crippen molar-refractivity contribution in [3.8, 4) is 0 Å². The number of carbonyl (C=O) groups excluding carboxylic acids is 1. The number of nitrogens with zero attached hydrogens (tertiary/aromatic N) is 3. The van der Waals surface area contributed by atoms with Gasteiger partial charge < -0.3 is 19.6 Å². The third kappa shape index (κ3) is 3.81. The van der Waals surface area contributed by atoms with Crippen LogP contribution in [-0.4, -0.2) is 90.3 Å². The van der Waals surface area contributed by atoms with Gasteiger partial charge in [-0.05, 0) is 75.9 Å². The number of rotatable bonds is 4. The third-order valence-electron chi connectivity index (χ3n) is 7.65. The minimum absolute atomic E-state index is 0.119. The maximum Gasteiger partial charge on any atom is 0.407 e. The second kappa shape index (κ2) is 7.59. The van der Waals surface area contributed by atoms with Crippen LogP contribution in [0.4, 0.5) is 4.79 Å². The summed E-state index contributed by atoms with van der Waals surface area (Å²) in [6.45, 7) is 5.20. The van der Waals surface area contributed by atoms with Crippen molar-refractivity contribution in [2.75, 3.05) is 46.4 Å². The van der Waals surface area contributed by atoms with Gasteiger partial charge in [0.05, 0.1) is 13.7 Å². The van der Waals surface area contributed by atoms with Gasteiger partial charge in [0, 0.05) is 25.2 Å². The van der Waals surface area contributed by atoms with E-state index in [-0.39, 0.29) is 11.4 Å². The first-order chi connectivity index (χ1) is 13.0. The molecule has 1 spiro atoms. The molecular formula is C20H33N3O4. The Balaban J connectivity index is 1.23. The van der Waals surface area contributed by atoms with Crippen molar-refractivity contribution in [2.45, 2.75) is 57.0 Å². The molecule has 0 radical (unpaired) electrons. The van der Waals surface area contributed by atoms with E-state index in [2.05, 4.69) is 9.80 Å². The summed E-state index contributed by atoms with van der Waals surface area (Å²) in [4.78, 5) is 29.4. The molecule has 1 saturated carbocycles. The maximum absolute atomic E-state index is 11.7. The van der Waals surface area contributed by atoms with Crippen molar-refractivity contribution >= 4 is 12.1 Å². The zero-order chi connectivity index (χ0) is 19.0. The molecule has 3 saturated heterocycles. The minimum atomic E-state index is -0.760. The molecule has 1 amide bonds. The van der Waals surface area contributed by atoms with E-state index in [0.717, 1.165) is 32.6 Å².